The maximum atomic E-state index is 12.8. The molecule has 8 heteroatoms. The molecule has 0 aliphatic rings. The molecule has 7 nitrogen and oxygen atoms in total. The Hall–Kier alpha value is -2.97. The molecule has 1 heterocycles. The second-order valence-electron chi connectivity index (χ2n) is 6.49. The van der Waals surface area contributed by atoms with Crippen molar-refractivity contribution in [1.82, 2.24) is 9.78 Å². The third kappa shape index (κ3) is 4.29. The Kier molecular flexibility index (Phi) is 5.62. The van der Waals surface area contributed by atoms with Gasteiger partial charge >= 0.3 is 0 Å². The molecule has 0 saturated heterocycles. The van der Waals surface area contributed by atoms with Gasteiger partial charge in [0.25, 0.3) is 5.56 Å². The highest BCUT2D eigenvalue weighted by Gasteiger charge is 2.14. The first-order valence-electron chi connectivity index (χ1n) is 8.77. The van der Waals surface area contributed by atoms with Gasteiger partial charge in [-0.05, 0) is 50.1 Å². The second-order valence-corrected chi connectivity index (χ2v) is 8.06. The van der Waals surface area contributed by atoms with E-state index in [1.807, 2.05) is 44.2 Å². The largest absolute Gasteiger partial charge is 0.295 e. The Balaban J connectivity index is 1.76. The minimum Gasteiger partial charge on any atom is -0.295 e. The summed E-state index contributed by atoms with van der Waals surface area (Å²) in [6.07, 6.45) is 0.624. The van der Waals surface area contributed by atoms with Gasteiger partial charge in [0.05, 0.1) is 16.1 Å². The van der Waals surface area contributed by atoms with Gasteiger partial charge < -0.3 is 0 Å². The van der Waals surface area contributed by atoms with Gasteiger partial charge in [0.1, 0.15) is 0 Å². The molecule has 0 fully saturated rings. The molecule has 28 heavy (non-hydrogen) atoms. The lowest BCUT2D eigenvalue weighted by Gasteiger charge is -2.02. The maximum Gasteiger partial charge on any atom is 0.280 e. The van der Waals surface area contributed by atoms with E-state index in [4.69, 9.17) is 5.14 Å². The number of aliphatic imine (C=N–C) groups is 1. The monoisotopic (exact) mass is 398 g/mol. The van der Waals surface area contributed by atoms with Gasteiger partial charge in [0, 0.05) is 18.0 Å². The van der Waals surface area contributed by atoms with Crippen molar-refractivity contribution < 1.29 is 8.42 Å². The van der Waals surface area contributed by atoms with Crippen LogP contribution in [0.4, 0.5) is 0 Å². The van der Waals surface area contributed by atoms with E-state index in [2.05, 4.69) is 10.1 Å². The van der Waals surface area contributed by atoms with Crippen LogP contribution in [0.1, 0.15) is 23.7 Å². The fourth-order valence-corrected chi connectivity index (χ4v) is 3.52. The fraction of sp³-hybridized carbons (Fsp3) is 0.200. The van der Waals surface area contributed by atoms with Crippen molar-refractivity contribution in [2.75, 3.05) is 6.54 Å². The van der Waals surface area contributed by atoms with E-state index in [-0.39, 0.29) is 10.5 Å². The molecule has 3 aromatic rings. The summed E-state index contributed by atoms with van der Waals surface area (Å²) >= 11 is 0. The summed E-state index contributed by atoms with van der Waals surface area (Å²) in [6, 6.07) is 15.8. The lowest BCUT2D eigenvalue weighted by molar-refractivity contribution is 0.598. The van der Waals surface area contributed by atoms with Crippen molar-refractivity contribution in [3.05, 3.63) is 81.8 Å². The lowest BCUT2D eigenvalue weighted by Crippen LogP contribution is -2.19. The highest BCUT2D eigenvalue weighted by atomic mass is 32.2. The van der Waals surface area contributed by atoms with Gasteiger partial charge in [0.2, 0.25) is 10.0 Å². The van der Waals surface area contributed by atoms with Gasteiger partial charge in [-0.3, -0.25) is 14.9 Å². The number of benzene rings is 2. The minimum atomic E-state index is -3.69. The first kappa shape index (κ1) is 19.8. The van der Waals surface area contributed by atoms with E-state index in [1.54, 1.807) is 12.1 Å². The van der Waals surface area contributed by atoms with Gasteiger partial charge in [-0.15, -0.1) is 0 Å². The van der Waals surface area contributed by atoms with E-state index in [1.165, 1.54) is 16.8 Å². The summed E-state index contributed by atoms with van der Waals surface area (Å²) in [5.41, 5.74) is 3.55. The smallest absolute Gasteiger partial charge is 0.280 e. The van der Waals surface area contributed by atoms with Crippen molar-refractivity contribution in [3.63, 3.8) is 0 Å². The molecule has 0 amide bonds. The van der Waals surface area contributed by atoms with Gasteiger partial charge in [-0.2, -0.15) is 0 Å². The van der Waals surface area contributed by atoms with Crippen LogP contribution in [-0.4, -0.2) is 30.5 Å². The summed E-state index contributed by atoms with van der Waals surface area (Å²) in [7, 11) is -3.69. The molecule has 0 spiro atoms. The molecular weight excluding hydrogens is 376 g/mol. The highest BCUT2D eigenvalue weighted by molar-refractivity contribution is 7.89. The van der Waals surface area contributed by atoms with Crippen molar-refractivity contribution in [2.45, 2.75) is 25.2 Å². The van der Waals surface area contributed by atoms with Gasteiger partial charge in [-0.25, -0.2) is 18.2 Å². The number of nitrogens with zero attached hydrogens (tertiary/aromatic N) is 2. The number of primary sulfonamides is 1. The first-order chi connectivity index (χ1) is 13.3. The number of aryl methyl sites for hydroxylation is 1. The third-order valence-electron chi connectivity index (χ3n) is 4.45. The summed E-state index contributed by atoms with van der Waals surface area (Å²) in [5, 5.41) is 8.19. The summed E-state index contributed by atoms with van der Waals surface area (Å²) < 4.78 is 24.1. The molecule has 0 atom stereocenters. The molecule has 0 aliphatic carbocycles. The van der Waals surface area contributed by atoms with Crippen LogP contribution in [0.2, 0.25) is 0 Å². The van der Waals surface area contributed by atoms with Crippen LogP contribution in [0.25, 0.3) is 5.69 Å². The Morgan fingerprint density at radius 1 is 1.11 bits per heavy atom. The van der Waals surface area contributed by atoms with Crippen LogP contribution in [-0.2, 0) is 16.4 Å². The number of aromatic amines is 1. The SMILES string of the molecule is CC(=NCCc1ccc(S(N)(=O)=O)cc1)c1c(C)[nH]n(-c2ccccc2)c1=O. The summed E-state index contributed by atoms with van der Waals surface area (Å²) in [4.78, 5) is 17.4. The number of nitrogens with two attached hydrogens (primary N) is 1. The Bertz CT molecular complexity index is 1160. The Morgan fingerprint density at radius 3 is 2.36 bits per heavy atom. The molecular formula is C20H22N4O3S. The predicted molar refractivity (Wildman–Crippen MR) is 110 cm³/mol. The zero-order valence-corrected chi connectivity index (χ0v) is 16.5. The van der Waals surface area contributed by atoms with E-state index in [0.717, 1.165) is 16.9 Å². The van der Waals surface area contributed by atoms with Crippen LogP contribution >= 0.6 is 0 Å². The van der Waals surface area contributed by atoms with Crippen molar-refractivity contribution in [3.8, 4) is 5.69 Å². The quantitative estimate of drug-likeness (QED) is 0.621. The van der Waals surface area contributed by atoms with Gasteiger partial charge in [-0.1, -0.05) is 30.3 Å². The number of para-hydroxylation sites is 1. The molecule has 0 radical (unpaired) electrons. The average Bonchev–Trinajstić information content (AvgIpc) is 2.96. The number of aromatic nitrogens is 2. The Labute approximate surface area is 163 Å². The topological polar surface area (TPSA) is 110 Å². The first-order valence-corrected chi connectivity index (χ1v) is 10.3. The zero-order valence-electron chi connectivity index (χ0n) is 15.7. The fourth-order valence-electron chi connectivity index (χ4n) is 3.01. The number of hydrogen-bond acceptors (Lipinski definition) is 4. The molecule has 146 valence electrons. The summed E-state index contributed by atoms with van der Waals surface area (Å²) in [5.74, 6) is 0. The standard InChI is InChI=1S/C20H22N4O3S/c1-14(22-13-12-16-8-10-18(11-9-16)28(21,26)27)19-15(2)23-24(20(19)25)17-6-4-3-5-7-17/h3-11,23H,12-13H2,1-2H3,(H2,21,26,27). The van der Waals surface area contributed by atoms with Crippen molar-refractivity contribution in [2.24, 2.45) is 10.1 Å². The van der Waals surface area contributed by atoms with E-state index in [9.17, 15) is 13.2 Å². The lowest BCUT2D eigenvalue weighted by atomic mass is 10.1. The Morgan fingerprint density at radius 2 is 1.75 bits per heavy atom. The number of sulfonamides is 1. The molecule has 3 N–H and O–H groups in total. The van der Waals surface area contributed by atoms with Gasteiger partial charge in [0.15, 0.2) is 0 Å². The molecule has 0 saturated carbocycles. The molecule has 0 bridgehead atoms. The maximum absolute atomic E-state index is 12.8. The second kappa shape index (κ2) is 7.95. The normalized spacial score (nSPS) is 12.3. The summed E-state index contributed by atoms with van der Waals surface area (Å²) in [6.45, 7) is 4.15. The predicted octanol–water partition coefficient (Wildman–Crippen LogP) is 2.17. The minimum absolute atomic E-state index is 0.0837. The number of nitrogens with one attached hydrogen (secondary N) is 1. The van der Waals surface area contributed by atoms with Crippen LogP contribution in [0, 0.1) is 6.92 Å². The highest BCUT2D eigenvalue weighted by Crippen LogP contribution is 2.11. The average molecular weight is 398 g/mol. The molecule has 3 rings (SSSR count). The molecule has 1 aromatic heterocycles. The number of H-pyrrole nitrogens is 1. The van der Waals surface area contributed by atoms with Crippen molar-refractivity contribution in [1.29, 1.82) is 0 Å². The van der Waals surface area contributed by atoms with Crippen LogP contribution in [0.3, 0.4) is 0 Å². The third-order valence-corrected chi connectivity index (χ3v) is 5.38. The molecule has 0 aliphatic heterocycles. The molecule has 0 unspecified atom stereocenters. The van der Waals surface area contributed by atoms with E-state index >= 15 is 0 Å². The molecule has 2 aromatic carbocycles. The van der Waals surface area contributed by atoms with Crippen molar-refractivity contribution >= 4 is 15.7 Å². The van der Waals surface area contributed by atoms with E-state index in [0.29, 0.717) is 24.2 Å². The zero-order chi connectivity index (χ0) is 20.3. The van der Waals surface area contributed by atoms with E-state index < -0.39 is 10.0 Å². The van der Waals surface area contributed by atoms with Crippen LogP contribution in [0.5, 0.6) is 0 Å². The number of hydrogen-bond donors (Lipinski definition) is 2. The van der Waals surface area contributed by atoms with Crippen LogP contribution < -0.4 is 10.7 Å². The van der Waals surface area contributed by atoms with Crippen LogP contribution in [0.15, 0.2) is 69.3 Å². The number of rotatable bonds is 6.